The Morgan fingerprint density at radius 1 is 1.23 bits per heavy atom. The van der Waals surface area contributed by atoms with Gasteiger partial charge in [0.15, 0.2) is 11.7 Å². The first-order valence-corrected chi connectivity index (χ1v) is 10.2. The first-order chi connectivity index (χ1) is 13.8. The smallest absolute Gasteiger partial charge is 0.355 e. The lowest BCUT2D eigenvalue weighted by Gasteiger charge is -2.18. The number of hydrogen-bond donors (Lipinski definition) is 2. The summed E-state index contributed by atoms with van der Waals surface area (Å²) in [5, 5.41) is 7.11. The van der Waals surface area contributed by atoms with Crippen molar-refractivity contribution in [1.82, 2.24) is 20.5 Å². The van der Waals surface area contributed by atoms with E-state index in [1.807, 2.05) is 12.2 Å². The molecule has 1 saturated heterocycles. The molecule has 0 spiro atoms. The second-order valence-electron chi connectivity index (χ2n) is 7.30. The molecule has 4 atom stereocenters. The molecule has 1 aromatic heterocycles. The van der Waals surface area contributed by atoms with Crippen LogP contribution in [0.15, 0.2) is 22.5 Å². The van der Waals surface area contributed by atoms with E-state index >= 15 is 0 Å². The fourth-order valence-corrected chi connectivity index (χ4v) is 5.11. The largest absolute Gasteiger partial charge is 0.434 e. The Labute approximate surface area is 192 Å². The number of halogens is 4. The summed E-state index contributed by atoms with van der Waals surface area (Å²) in [6.45, 7) is 0.604. The molecule has 7 nitrogen and oxygen atoms in total. The van der Waals surface area contributed by atoms with E-state index in [1.54, 1.807) is 0 Å². The van der Waals surface area contributed by atoms with Gasteiger partial charge in [0.05, 0.1) is 18.4 Å². The average molecular weight is 555 g/mol. The minimum atomic E-state index is -4.46. The van der Waals surface area contributed by atoms with E-state index in [2.05, 4.69) is 20.6 Å². The zero-order chi connectivity index (χ0) is 20.8. The number of carbonyl (C=O) groups excluding carboxylic acids is 2. The maximum atomic E-state index is 12.6. The summed E-state index contributed by atoms with van der Waals surface area (Å²) in [5.74, 6) is 0.0516. The number of thiazole rings is 1. The van der Waals surface area contributed by atoms with Gasteiger partial charge in [-0.15, -0.1) is 35.3 Å². The molecular formula is C18H21F3IN5O2S. The van der Waals surface area contributed by atoms with Crippen LogP contribution in [-0.4, -0.2) is 47.8 Å². The van der Waals surface area contributed by atoms with Crippen molar-refractivity contribution in [1.29, 1.82) is 0 Å². The zero-order valence-corrected chi connectivity index (χ0v) is 19.1. The molecule has 1 aliphatic heterocycles. The highest BCUT2D eigenvalue weighted by Gasteiger charge is 2.58. The van der Waals surface area contributed by atoms with Crippen LogP contribution in [0.3, 0.4) is 0 Å². The summed E-state index contributed by atoms with van der Waals surface area (Å²) in [6, 6.07) is 0. The molecule has 12 heteroatoms. The molecule has 2 heterocycles. The normalized spacial score (nSPS) is 27.5. The minimum Gasteiger partial charge on any atom is -0.355 e. The third-order valence-electron chi connectivity index (χ3n) is 5.66. The Balaban J connectivity index is 0.00000256. The molecule has 2 fully saturated rings. The van der Waals surface area contributed by atoms with Crippen molar-refractivity contribution in [3.8, 4) is 0 Å². The number of imide groups is 1. The fraction of sp³-hybridized carbons (Fsp3) is 0.556. The molecule has 2 aliphatic carbocycles. The van der Waals surface area contributed by atoms with Crippen LogP contribution in [0.4, 0.5) is 13.2 Å². The Kier molecular flexibility index (Phi) is 6.75. The third kappa shape index (κ3) is 4.20. The summed E-state index contributed by atoms with van der Waals surface area (Å²) in [4.78, 5) is 34.1. The third-order valence-corrected chi connectivity index (χ3v) is 6.51. The summed E-state index contributed by atoms with van der Waals surface area (Å²) >= 11 is 0.909. The molecule has 0 radical (unpaired) electrons. The van der Waals surface area contributed by atoms with E-state index in [4.69, 9.17) is 0 Å². The highest BCUT2D eigenvalue weighted by atomic mass is 127. The van der Waals surface area contributed by atoms with Gasteiger partial charge in [0.2, 0.25) is 11.8 Å². The number of fused-ring (bicyclic) bond motifs is 5. The lowest BCUT2D eigenvalue weighted by Crippen LogP contribution is -2.43. The predicted octanol–water partition coefficient (Wildman–Crippen LogP) is 2.25. The summed E-state index contributed by atoms with van der Waals surface area (Å²) in [7, 11) is 1.53. The van der Waals surface area contributed by atoms with Crippen LogP contribution in [0.5, 0.6) is 0 Å². The summed E-state index contributed by atoms with van der Waals surface area (Å²) in [5.41, 5.74) is -0.915. The van der Waals surface area contributed by atoms with Crippen LogP contribution in [-0.2, 0) is 22.3 Å². The molecule has 0 aromatic carbocycles. The van der Waals surface area contributed by atoms with Gasteiger partial charge in [-0.3, -0.25) is 19.5 Å². The van der Waals surface area contributed by atoms with Gasteiger partial charge < -0.3 is 10.6 Å². The number of amides is 2. The van der Waals surface area contributed by atoms with Gasteiger partial charge in [-0.2, -0.15) is 13.2 Å². The monoisotopic (exact) mass is 555 g/mol. The Morgan fingerprint density at radius 3 is 2.40 bits per heavy atom. The molecule has 4 unspecified atom stereocenters. The molecule has 30 heavy (non-hydrogen) atoms. The van der Waals surface area contributed by atoms with E-state index in [0.717, 1.165) is 23.1 Å². The van der Waals surface area contributed by atoms with Gasteiger partial charge in [0.1, 0.15) is 5.01 Å². The molecule has 164 valence electrons. The Hall–Kier alpha value is -1.70. The first-order valence-electron chi connectivity index (χ1n) is 9.29. The van der Waals surface area contributed by atoms with E-state index < -0.39 is 11.9 Å². The second kappa shape index (κ2) is 8.81. The number of alkyl halides is 3. The molecular weight excluding hydrogens is 534 g/mol. The quantitative estimate of drug-likeness (QED) is 0.192. The van der Waals surface area contributed by atoms with Crippen LogP contribution >= 0.6 is 35.3 Å². The van der Waals surface area contributed by atoms with Crippen LogP contribution in [0, 0.1) is 23.7 Å². The highest BCUT2D eigenvalue weighted by molar-refractivity contribution is 14.0. The van der Waals surface area contributed by atoms with Gasteiger partial charge in [0.25, 0.3) is 0 Å². The number of nitrogens with zero attached hydrogens (tertiary/aromatic N) is 3. The van der Waals surface area contributed by atoms with Gasteiger partial charge in [0, 0.05) is 25.5 Å². The molecule has 1 aromatic rings. The van der Waals surface area contributed by atoms with E-state index in [0.29, 0.717) is 12.5 Å². The number of hydrogen-bond acceptors (Lipinski definition) is 5. The average Bonchev–Trinajstić information content (AvgIpc) is 3.43. The lowest BCUT2D eigenvalue weighted by molar-refractivity contribution is -0.141. The number of likely N-dealkylation sites (tertiary alicyclic amines) is 1. The number of rotatable bonds is 5. The maximum absolute atomic E-state index is 12.6. The van der Waals surface area contributed by atoms with Gasteiger partial charge in [-0.25, -0.2) is 4.98 Å². The molecule has 3 aliphatic rings. The van der Waals surface area contributed by atoms with Gasteiger partial charge >= 0.3 is 6.18 Å². The SMILES string of the molecule is CN=C(NCCN1C(=O)C2C3C=CC(C3)C2C1=O)NCc1nc(C(F)(F)F)cs1.I. The standard InChI is InChI=1S/C18H20F3N5O2S.HI/c1-22-17(24-7-12-25-11(8-29-12)18(19,20)21)23-4-5-26-15(27)13-9-2-3-10(6-9)14(13)16(26)28;/h2-3,8-10,13-14H,4-7H2,1H3,(H2,22,23,24);1H. The number of aliphatic imine (C=N–C) groups is 1. The molecule has 2 N–H and O–H groups in total. The van der Waals surface area contributed by atoms with Crippen LogP contribution < -0.4 is 10.6 Å². The van der Waals surface area contributed by atoms with Gasteiger partial charge in [-0.05, 0) is 18.3 Å². The van der Waals surface area contributed by atoms with Crippen molar-refractivity contribution in [2.24, 2.45) is 28.7 Å². The molecule has 2 bridgehead atoms. The van der Waals surface area contributed by atoms with E-state index in [-0.39, 0.29) is 77.6 Å². The highest BCUT2D eigenvalue weighted by Crippen LogP contribution is 2.52. The minimum absolute atomic E-state index is 0. The van der Waals surface area contributed by atoms with E-state index in [1.165, 1.54) is 11.9 Å². The van der Waals surface area contributed by atoms with Crippen molar-refractivity contribution in [2.45, 2.75) is 19.1 Å². The summed E-state index contributed by atoms with van der Waals surface area (Å²) in [6.07, 6.45) is 0.528. The van der Waals surface area contributed by atoms with Crippen LogP contribution in [0.2, 0.25) is 0 Å². The molecule has 4 rings (SSSR count). The van der Waals surface area contributed by atoms with Crippen LogP contribution in [0.25, 0.3) is 0 Å². The Bertz CT molecular complexity index is 857. The zero-order valence-electron chi connectivity index (χ0n) is 16.0. The van der Waals surface area contributed by atoms with Crippen molar-refractivity contribution in [3.05, 3.63) is 28.2 Å². The second-order valence-corrected chi connectivity index (χ2v) is 8.25. The van der Waals surface area contributed by atoms with E-state index in [9.17, 15) is 22.8 Å². The predicted molar refractivity (Wildman–Crippen MR) is 115 cm³/mol. The first kappa shape index (κ1) is 23.0. The van der Waals surface area contributed by atoms with Crippen molar-refractivity contribution in [2.75, 3.05) is 20.1 Å². The Morgan fingerprint density at radius 2 is 1.87 bits per heavy atom. The van der Waals surface area contributed by atoms with Crippen molar-refractivity contribution in [3.63, 3.8) is 0 Å². The lowest BCUT2D eigenvalue weighted by atomic mass is 9.85. The van der Waals surface area contributed by atoms with Crippen molar-refractivity contribution < 1.29 is 22.8 Å². The topological polar surface area (TPSA) is 86.7 Å². The maximum Gasteiger partial charge on any atom is 0.434 e. The number of allylic oxidation sites excluding steroid dienone is 2. The molecule has 1 saturated carbocycles. The fourth-order valence-electron chi connectivity index (χ4n) is 4.37. The number of carbonyl (C=O) groups is 2. The molecule has 2 amide bonds. The van der Waals surface area contributed by atoms with Gasteiger partial charge in [-0.1, -0.05) is 12.2 Å². The number of guanidine groups is 1. The number of aromatic nitrogens is 1. The number of nitrogens with one attached hydrogen (secondary N) is 2. The van der Waals surface area contributed by atoms with Crippen molar-refractivity contribution >= 4 is 53.1 Å². The summed E-state index contributed by atoms with van der Waals surface area (Å²) < 4.78 is 37.8. The van der Waals surface area contributed by atoms with Crippen LogP contribution in [0.1, 0.15) is 17.1 Å².